The van der Waals surface area contributed by atoms with Crippen LogP contribution < -0.4 is 10.1 Å². The van der Waals surface area contributed by atoms with Crippen molar-refractivity contribution in [1.29, 1.82) is 5.41 Å². The number of hydrogen-bond donors (Lipinski definition) is 2. The second-order valence-corrected chi connectivity index (χ2v) is 6.70. The maximum absolute atomic E-state index is 11.8. The zero-order valence-electron chi connectivity index (χ0n) is 13.8. The molecule has 132 valence electrons. The number of thioether (sulfide) groups is 1. The van der Waals surface area contributed by atoms with Gasteiger partial charge in [0.2, 0.25) is 0 Å². The van der Waals surface area contributed by atoms with Gasteiger partial charge in [-0.2, -0.15) is 0 Å². The zero-order valence-corrected chi connectivity index (χ0v) is 14.6. The Balaban J connectivity index is 1.91. The standard InChI is InChI=1S/C18H15N3O4S/c1-11-3-2-4-12(7-11)10-25-15-6-5-14(21(23)24)8-13(15)9-16-17(22)20-18(19)26-16/h2-9H,10H2,1H3,(H2,19,20,22)/b16-9-. The van der Waals surface area contributed by atoms with Crippen LogP contribution in [0.2, 0.25) is 0 Å². The molecule has 2 aromatic rings. The Labute approximate surface area is 153 Å². The molecule has 1 aliphatic rings. The number of nitrogens with one attached hydrogen (secondary N) is 2. The average Bonchev–Trinajstić information content (AvgIpc) is 2.91. The molecule has 1 aliphatic heterocycles. The van der Waals surface area contributed by atoms with Crippen LogP contribution >= 0.6 is 11.8 Å². The van der Waals surface area contributed by atoms with Gasteiger partial charge in [0, 0.05) is 17.7 Å². The molecule has 0 unspecified atom stereocenters. The lowest BCUT2D eigenvalue weighted by atomic mass is 10.1. The predicted molar refractivity (Wildman–Crippen MR) is 100 cm³/mol. The van der Waals surface area contributed by atoms with Crippen LogP contribution in [0.3, 0.4) is 0 Å². The van der Waals surface area contributed by atoms with E-state index in [2.05, 4.69) is 5.32 Å². The minimum Gasteiger partial charge on any atom is -0.488 e. The normalized spacial score (nSPS) is 15.2. The highest BCUT2D eigenvalue weighted by molar-refractivity contribution is 8.18. The minimum absolute atomic E-state index is 0.0221. The van der Waals surface area contributed by atoms with Crippen molar-refractivity contribution in [2.75, 3.05) is 0 Å². The molecule has 8 heteroatoms. The van der Waals surface area contributed by atoms with Crippen molar-refractivity contribution in [2.24, 2.45) is 0 Å². The number of benzene rings is 2. The first-order valence-electron chi connectivity index (χ1n) is 7.68. The second kappa shape index (κ2) is 7.40. The van der Waals surface area contributed by atoms with Crippen LogP contribution in [0.4, 0.5) is 5.69 Å². The van der Waals surface area contributed by atoms with E-state index >= 15 is 0 Å². The van der Waals surface area contributed by atoms with Crippen molar-refractivity contribution in [3.8, 4) is 5.75 Å². The summed E-state index contributed by atoms with van der Waals surface area (Å²) in [4.78, 5) is 22.7. The first kappa shape index (κ1) is 17.7. The van der Waals surface area contributed by atoms with Gasteiger partial charge in [-0.25, -0.2) is 0 Å². The van der Waals surface area contributed by atoms with E-state index in [1.54, 1.807) is 0 Å². The van der Waals surface area contributed by atoms with Crippen LogP contribution in [-0.2, 0) is 11.4 Å². The summed E-state index contributed by atoms with van der Waals surface area (Å²) < 4.78 is 5.82. The Hall–Kier alpha value is -3.13. The van der Waals surface area contributed by atoms with Crippen molar-refractivity contribution in [3.05, 3.63) is 74.2 Å². The summed E-state index contributed by atoms with van der Waals surface area (Å²) in [5, 5.41) is 21.0. The lowest BCUT2D eigenvalue weighted by molar-refractivity contribution is -0.384. The Morgan fingerprint density at radius 1 is 1.31 bits per heavy atom. The van der Waals surface area contributed by atoms with Crippen LogP contribution in [0.15, 0.2) is 47.4 Å². The average molecular weight is 369 g/mol. The lowest BCUT2D eigenvalue weighted by Gasteiger charge is -2.10. The number of aryl methyl sites for hydroxylation is 1. The van der Waals surface area contributed by atoms with E-state index in [4.69, 9.17) is 10.1 Å². The van der Waals surface area contributed by atoms with Gasteiger partial charge in [0.1, 0.15) is 12.4 Å². The summed E-state index contributed by atoms with van der Waals surface area (Å²) in [7, 11) is 0. The van der Waals surface area contributed by atoms with E-state index in [-0.39, 0.29) is 15.8 Å². The van der Waals surface area contributed by atoms with Gasteiger partial charge in [0.25, 0.3) is 11.6 Å². The fourth-order valence-electron chi connectivity index (χ4n) is 2.44. The molecule has 0 atom stereocenters. The summed E-state index contributed by atoms with van der Waals surface area (Å²) in [6.45, 7) is 2.28. The molecule has 26 heavy (non-hydrogen) atoms. The number of carbonyl (C=O) groups excluding carboxylic acids is 1. The number of nitrogens with zero attached hydrogens (tertiary/aromatic N) is 1. The molecule has 0 saturated carbocycles. The monoisotopic (exact) mass is 369 g/mol. The van der Waals surface area contributed by atoms with Crippen LogP contribution in [-0.4, -0.2) is 16.0 Å². The molecule has 7 nitrogen and oxygen atoms in total. The van der Waals surface area contributed by atoms with Crippen LogP contribution in [0.5, 0.6) is 5.75 Å². The fourth-order valence-corrected chi connectivity index (χ4v) is 3.13. The van der Waals surface area contributed by atoms with Gasteiger partial charge in [-0.15, -0.1) is 0 Å². The third kappa shape index (κ3) is 4.09. The van der Waals surface area contributed by atoms with E-state index in [9.17, 15) is 14.9 Å². The van der Waals surface area contributed by atoms with Gasteiger partial charge in [-0.3, -0.25) is 20.3 Å². The van der Waals surface area contributed by atoms with Gasteiger partial charge >= 0.3 is 0 Å². The molecule has 1 heterocycles. The minimum atomic E-state index is -0.504. The number of ether oxygens (including phenoxy) is 1. The lowest BCUT2D eigenvalue weighted by Crippen LogP contribution is -2.18. The molecule has 2 aromatic carbocycles. The van der Waals surface area contributed by atoms with E-state index < -0.39 is 10.8 Å². The van der Waals surface area contributed by atoms with Crippen LogP contribution in [0.25, 0.3) is 6.08 Å². The van der Waals surface area contributed by atoms with Gasteiger partial charge in [-0.05, 0) is 36.4 Å². The molecule has 1 fully saturated rings. The summed E-state index contributed by atoms with van der Waals surface area (Å²) in [6, 6.07) is 12.1. The smallest absolute Gasteiger partial charge is 0.270 e. The third-order valence-electron chi connectivity index (χ3n) is 3.63. The fraction of sp³-hybridized carbons (Fsp3) is 0.111. The molecule has 3 rings (SSSR count). The Bertz CT molecular complexity index is 940. The number of amides is 1. The van der Waals surface area contributed by atoms with Gasteiger partial charge in [0.15, 0.2) is 5.17 Å². The largest absolute Gasteiger partial charge is 0.488 e. The van der Waals surface area contributed by atoms with Crippen molar-refractivity contribution >= 4 is 34.6 Å². The van der Waals surface area contributed by atoms with E-state index in [1.807, 2.05) is 31.2 Å². The molecular formula is C18H15N3O4S. The number of amidine groups is 1. The van der Waals surface area contributed by atoms with Gasteiger partial charge < -0.3 is 10.1 Å². The van der Waals surface area contributed by atoms with E-state index in [1.165, 1.54) is 24.3 Å². The first-order valence-corrected chi connectivity index (χ1v) is 8.50. The number of hydrogen-bond acceptors (Lipinski definition) is 6. The van der Waals surface area contributed by atoms with Crippen LogP contribution in [0, 0.1) is 22.4 Å². The summed E-state index contributed by atoms with van der Waals surface area (Å²) in [6.07, 6.45) is 1.50. The topological polar surface area (TPSA) is 105 Å². The molecule has 2 N–H and O–H groups in total. The molecule has 0 radical (unpaired) electrons. The Morgan fingerprint density at radius 2 is 2.12 bits per heavy atom. The van der Waals surface area contributed by atoms with Crippen LogP contribution in [0.1, 0.15) is 16.7 Å². The molecule has 0 aliphatic carbocycles. The number of nitro groups is 1. The van der Waals surface area contributed by atoms with Gasteiger partial charge in [-0.1, -0.05) is 29.8 Å². The quantitative estimate of drug-likeness (QED) is 0.476. The highest BCUT2D eigenvalue weighted by Gasteiger charge is 2.23. The molecule has 0 bridgehead atoms. The summed E-state index contributed by atoms with van der Waals surface area (Å²) >= 11 is 0.966. The van der Waals surface area contributed by atoms with E-state index in [0.717, 1.165) is 22.9 Å². The molecule has 0 spiro atoms. The molecule has 1 saturated heterocycles. The summed E-state index contributed by atoms with van der Waals surface area (Å²) in [5.74, 6) is 0.0209. The van der Waals surface area contributed by atoms with Gasteiger partial charge in [0.05, 0.1) is 9.83 Å². The molecular weight excluding hydrogens is 354 g/mol. The number of non-ortho nitro benzene ring substituents is 1. The highest BCUT2D eigenvalue weighted by atomic mass is 32.2. The first-order chi connectivity index (χ1) is 12.4. The van der Waals surface area contributed by atoms with Crippen molar-refractivity contribution in [3.63, 3.8) is 0 Å². The van der Waals surface area contributed by atoms with Crippen molar-refractivity contribution < 1.29 is 14.5 Å². The predicted octanol–water partition coefficient (Wildman–Crippen LogP) is 3.62. The van der Waals surface area contributed by atoms with Crippen molar-refractivity contribution in [1.82, 2.24) is 5.32 Å². The van der Waals surface area contributed by atoms with E-state index in [0.29, 0.717) is 17.9 Å². The Morgan fingerprint density at radius 3 is 2.77 bits per heavy atom. The summed E-state index contributed by atoms with van der Waals surface area (Å²) in [5.41, 5.74) is 2.39. The second-order valence-electron chi connectivity index (χ2n) is 5.65. The number of nitro benzene ring substituents is 1. The number of carbonyl (C=O) groups is 1. The number of rotatable bonds is 5. The molecule has 1 amide bonds. The highest BCUT2D eigenvalue weighted by Crippen LogP contribution is 2.31. The molecule has 0 aromatic heterocycles. The maximum Gasteiger partial charge on any atom is 0.270 e. The maximum atomic E-state index is 11.8. The third-order valence-corrected chi connectivity index (χ3v) is 4.46. The van der Waals surface area contributed by atoms with Crippen molar-refractivity contribution in [2.45, 2.75) is 13.5 Å². The SMILES string of the molecule is Cc1cccc(COc2ccc([N+](=O)[O-])cc2/C=C2\SC(=N)NC2=O)c1. The Kier molecular flexibility index (Phi) is 5.04. The zero-order chi connectivity index (χ0) is 18.7.